The van der Waals surface area contributed by atoms with Crippen molar-refractivity contribution in [3.63, 3.8) is 0 Å². The zero-order valence-corrected chi connectivity index (χ0v) is 16.0. The molecule has 2 nitrogen and oxygen atoms in total. The summed E-state index contributed by atoms with van der Waals surface area (Å²) in [4.78, 5) is 0. The van der Waals surface area contributed by atoms with Crippen LogP contribution in [0.15, 0.2) is 60.7 Å². The number of allylic oxidation sites excluding steroid dienone is 1. The largest absolute Gasteiger partial charge is 0.489 e. The van der Waals surface area contributed by atoms with Crippen molar-refractivity contribution in [3.05, 3.63) is 77.4 Å². The molecule has 1 unspecified atom stereocenters. The molecule has 0 amide bonds. The molecule has 2 aromatic carbocycles. The molecule has 3 aliphatic carbocycles. The first-order chi connectivity index (χ1) is 13.1. The molecule has 0 heterocycles. The Morgan fingerprint density at radius 2 is 1.93 bits per heavy atom. The van der Waals surface area contributed by atoms with Crippen LogP contribution in [0.2, 0.25) is 0 Å². The normalized spacial score (nSPS) is 33.9. The van der Waals surface area contributed by atoms with Gasteiger partial charge in [0.15, 0.2) is 0 Å². The molecule has 0 saturated heterocycles. The molecule has 1 N–H and O–H groups in total. The van der Waals surface area contributed by atoms with E-state index in [1.165, 1.54) is 29.5 Å². The molecule has 2 heteroatoms. The lowest BCUT2D eigenvalue weighted by molar-refractivity contribution is -0.0101. The smallest absolute Gasteiger partial charge is 0.120 e. The highest BCUT2D eigenvalue weighted by atomic mass is 16.5. The van der Waals surface area contributed by atoms with E-state index >= 15 is 0 Å². The van der Waals surface area contributed by atoms with Gasteiger partial charge in [-0.15, -0.1) is 0 Å². The monoisotopic (exact) mass is 360 g/mol. The molecule has 0 bridgehead atoms. The van der Waals surface area contributed by atoms with Gasteiger partial charge in [-0.1, -0.05) is 55.5 Å². The highest BCUT2D eigenvalue weighted by Gasteiger charge is 2.52. The average Bonchev–Trinajstić information content (AvgIpc) is 3.01. The maximum absolute atomic E-state index is 10.5. The number of aryl methyl sites for hydroxylation is 1. The second kappa shape index (κ2) is 6.53. The topological polar surface area (TPSA) is 29.5 Å². The highest BCUT2D eigenvalue weighted by Crippen LogP contribution is 2.58. The molecular weight excluding hydrogens is 332 g/mol. The lowest BCUT2D eigenvalue weighted by atomic mass is 9.55. The minimum atomic E-state index is -0.265. The number of aliphatic hydroxyl groups excluding tert-OH is 1. The van der Waals surface area contributed by atoms with Gasteiger partial charge in [0.2, 0.25) is 0 Å². The molecule has 140 valence electrons. The summed E-state index contributed by atoms with van der Waals surface area (Å²) in [5.41, 5.74) is 4.24. The first-order valence-corrected chi connectivity index (χ1v) is 10.3. The second-order valence-electron chi connectivity index (χ2n) is 8.84. The van der Waals surface area contributed by atoms with Crippen molar-refractivity contribution in [1.82, 2.24) is 0 Å². The Bertz CT molecular complexity index is 856. The van der Waals surface area contributed by atoms with Gasteiger partial charge in [0.1, 0.15) is 12.4 Å². The molecular formula is C25H28O2. The van der Waals surface area contributed by atoms with E-state index < -0.39 is 0 Å². The van der Waals surface area contributed by atoms with Crippen LogP contribution in [0.4, 0.5) is 0 Å². The van der Waals surface area contributed by atoms with Gasteiger partial charge in [-0.2, -0.15) is 0 Å². The lowest BCUT2D eigenvalue weighted by Crippen LogP contribution is -2.44. The minimum absolute atomic E-state index is 0.0530. The van der Waals surface area contributed by atoms with Gasteiger partial charge in [-0.05, 0) is 72.3 Å². The highest BCUT2D eigenvalue weighted by molar-refractivity contribution is 5.41. The fourth-order valence-corrected chi connectivity index (χ4v) is 5.82. The van der Waals surface area contributed by atoms with E-state index in [2.05, 4.69) is 55.5 Å². The Kier molecular flexibility index (Phi) is 4.12. The summed E-state index contributed by atoms with van der Waals surface area (Å²) < 4.78 is 6.05. The van der Waals surface area contributed by atoms with Crippen LogP contribution >= 0.6 is 0 Å². The number of hydrogen-bond acceptors (Lipinski definition) is 2. The van der Waals surface area contributed by atoms with Crippen LogP contribution < -0.4 is 4.74 Å². The van der Waals surface area contributed by atoms with Crippen LogP contribution in [0, 0.1) is 17.3 Å². The fraction of sp³-hybridized carbons (Fsp3) is 0.440. The first kappa shape index (κ1) is 17.1. The predicted octanol–water partition coefficient (Wildman–Crippen LogP) is 5.26. The maximum atomic E-state index is 10.5. The molecule has 5 rings (SSSR count). The Morgan fingerprint density at radius 1 is 1.07 bits per heavy atom. The van der Waals surface area contributed by atoms with Crippen molar-refractivity contribution in [2.24, 2.45) is 17.3 Å². The van der Waals surface area contributed by atoms with Crippen LogP contribution in [-0.4, -0.2) is 11.2 Å². The number of rotatable bonds is 3. The molecule has 0 aliphatic heterocycles. The van der Waals surface area contributed by atoms with Crippen molar-refractivity contribution >= 4 is 0 Å². The van der Waals surface area contributed by atoms with Crippen LogP contribution in [-0.2, 0) is 13.0 Å². The van der Waals surface area contributed by atoms with Gasteiger partial charge < -0.3 is 9.84 Å². The summed E-state index contributed by atoms with van der Waals surface area (Å²) in [7, 11) is 0. The molecule has 0 spiro atoms. The van der Waals surface area contributed by atoms with Crippen LogP contribution in [0.3, 0.4) is 0 Å². The van der Waals surface area contributed by atoms with Crippen LogP contribution in [0.1, 0.15) is 48.8 Å². The Labute approximate surface area is 161 Å². The number of fused-ring (bicyclic) bond motifs is 5. The third-order valence-electron chi connectivity index (χ3n) is 7.42. The van der Waals surface area contributed by atoms with Gasteiger partial charge in [0.05, 0.1) is 6.10 Å². The molecule has 2 aromatic rings. The van der Waals surface area contributed by atoms with Crippen molar-refractivity contribution in [3.8, 4) is 5.75 Å². The SMILES string of the molecule is C[C@]12CC[C@@H]3c4ccc(OCc5ccccc5)cc4CC[C@H]3C1C=C[C@@H]2O. The number of benzene rings is 2. The zero-order valence-electron chi connectivity index (χ0n) is 16.0. The van der Waals surface area contributed by atoms with Gasteiger partial charge in [-0.3, -0.25) is 0 Å². The van der Waals surface area contributed by atoms with Crippen LogP contribution in [0.5, 0.6) is 5.75 Å². The Morgan fingerprint density at radius 3 is 2.78 bits per heavy atom. The van der Waals surface area contributed by atoms with E-state index in [0.717, 1.165) is 18.6 Å². The van der Waals surface area contributed by atoms with Gasteiger partial charge in [-0.25, -0.2) is 0 Å². The number of aliphatic hydroxyl groups is 1. The number of ether oxygens (including phenoxy) is 1. The summed E-state index contributed by atoms with van der Waals surface area (Å²) in [6, 6.07) is 17.1. The fourth-order valence-electron chi connectivity index (χ4n) is 5.82. The quantitative estimate of drug-likeness (QED) is 0.757. The Balaban J connectivity index is 1.35. The van der Waals surface area contributed by atoms with Crippen molar-refractivity contribution < 1.29 is 9.84 Å². The Hall–Kier alpha value is -2.06. The molecule has 1 fully saturated rings. The summed E-state index contributed by atoms with van der Waals surface area (Å²) >= 11 is 0. The van der Waals surface area contributed by atoms with E-state index in [1.807, 2.05) is 12.1 Å². The van der Waals surface area contributed by atoms with Crippen molar-refractivity contribution in [2.45, 2.75) is 51.2 Å². The lowest BCUT2D eigenvalue weighted by Gasteiger charge is -2.50. The minimum Gasteiger partial charge on any atom is -0.489 e. The van der Waals surface area contributed by atoms with Gasteiger partial charge in [0, 0.05) is 5.41 Å². The molecule has 5 atom stereocenters. The first-order valence-electron chi connectivity index (χ1n) is 10.3. The summed E-state index contributed by atoms with van der Waals surface area (Å²) in [6.07, 6.45) is 8.73. The van der Waals surface area contributed by atoms with Crippen LogP contribution in [0.25, 0.3) is 0 Å². The molecule has 27 heavy (non-hydrogen) atoms. The number of hydrogen-bond donors (Lipinski definition) is 1. The van der Waals surface area contributed by atoms with E-state index in [-0.39, 0.29) is 11.5 Å². The van der Waals surface area contributed by atoms with E-state index in [4.69, 9.17) is 4.74 Å². The molecule has 3 aliphatic rings. The van der Waals surface area contributed by atoms with Crippen molar-refractivity contribution in [2.75, 3.05) is 0 Å². The third kappa shape index (κ3) is 2.82. The summed E-state index contributed by atoms with van der Waals surface area (Å²) in [6.45, 7) is 2.91. The summed E-state index contributed by atoms with van der Waals surface area (Å²) in [5, 5.41) is 10.5. The zero-order chi connectivity index (χ0) is 18.4. The van der Waals surface area contributed by atoms with E-state index in [1.54, 1.807) is 0 Å². The van der Waals surface area contributed by atoms with Gasteiger partial charge in [0.25, 0.3) is 0 Å². The molecule has 1 saturated carbocycles. The standard InChI is InChI=1S/C25H28O2/c1-25-14-13-21-20-10-8-19(27-16-17-5-3-2-4-6-17)15-18(20)7-9-22(21)23(25)11-12-24(25)26/h2-6,8,10-12,15,21-24,26H,7,9,13-14,16H2,1H3/t21-,22-,23?,24+,25+/m1/s1. The maximum Gasteiger partial charge on any atom is 0.120 e. The third-order valence-corrected chi connectivity index (χ3v) is 7.42. The molecule has 0 radical (unpaired) electrons. The average molecular weight is 360 g/mol. The van der Waals surface area contributed by atoms with Gasteiger partial charge >= 0.3 is 0 Å². The predicted molar refractivity (Wildman–Crippen MR) is 108 cm³/mol. The second-order valence-corrected chi connectivity index (χ2v) is 8.84. The van der Waals surface area contributed by atoms with Crippen molar-refractivity contribution in [1.29, 1.82) is 0 Å². The molecule has 0 aromatic heterocycles. The summed E-state index contributed by atoms with van der Waals surface area (Å²) in [5.74, 6) is 2.80. The van der Waals surface area contributed by atoms with E-state index in [0.29, 0.717) is 24.4 Å². The van der Waals surface area contributed by atoms with E-state index in [9.17, 15) is 5.11 Å².